The second-order valence-electron chi connectivity index (χ2n) is 2.10. The number of allylic oxidation sites excluding steroid dienone is 1. The molecular formula is C8H14O2. The van der Waals surface area contributed by atoms with E-state index in [1.807, 2.05) is 6.92 Å². The van der Waals surface area contributed by atoms with Crippen molar-refractivity contribution in [2.24, 2.45) is 0 Å². The Kier molecular flexibility index (Phi) is 5.83. The third-order valence-corrected chi connectivity index (χ3v) is 1.11. The maximum atomic E-state index is 10.8. The molecule has 2 nitrogen and oxygen atoms in total. The van der Waals surface area contributed by atoms with Crippen LogP contribution in [0.5, 0.6) is 0 Å². The summed E-state index contributed by atoms with van der Waals surface area (Å²) >= 11 is 0. The Morgan fingerprint density at radius 1 is 1.60 bits per heavy atom. The fourth-order valence-electron chi connectivity index (χ4n) is 0.657. The number of methoxy groups -OCH3 is 1. The molecule has 0 aromatic heterocycles. The first kappa shape index (κ1) is 9.21. The summed E-state index contributed by atoms with van der Waals surface area (Å²) in [6.45, 7) is 2.00. The van der Waals surface area contributed by atoms with Gasteiger partial charge in [-0.15, -0.1) is 0 Å². The van der Waals surface area contributed by atoms with Crippen LogP contribution < -0.4 is 0 Å². The second kappa shape index (κ2) is 6.33. The van der Waals surface area contributed by atoms with Crippen LogP contribution in [0.3, 0.4) is 0 Å². The second-order valence-corrected chi connectivity index (χ2v) is 2.10. The smallest absolute Gasteiger partial charge is 0.136 e. The lowest BCUT2D eigenvalue weighted by molar-refractivity contribution is -0.118. The molecule has 0 aromatic rings. The van der Waals surface area contributed by atoms with E-state index in [1.54, 1.807) is 13.2 Å². The highest BCUT2D eigenvalue weighted by molar-refractivity contribution is 5.79. The van der Waals surface area contributed by atoms with Crippen LogP contribution in [-0.4, -0.2) is 12.9 Å². The van der Waals surface area contributed by atoms with Crippen molar-refractivity contribution in [2.75, 3.05) is 7.11 Å². The van der Waals surface area contributed by atoms with Gasteiger partial charge in [-0.1, -0.05) is 6.92 Å². The predicted molar refractivity (Wildman–Crippen MR) is 40.7 cm³/mol. The van der Waals surface area contributed by atoms with Gasteiger partial charge in [0.2, 0.25) is 0 Å². The van der Waals surface area contributed by atoms with Gasteiger partial charge in [-0.05, 0) is 12.5 Å². The molecule has 0 fully saturated rings. The van der Waals surface area contributed by atoms with Gasteiger partial charge >= 0.3 is 0 Å². The van der Waals surface area contributed by atoms with Crippen molar-refractivity contribution in [3.8, 4) is 0 Å². The van der Waals surface area contributed by atoms with E-state index >= 15 is 0 Å². The Labute approximate surface area is 61.9 Å². The van der Waals surface area contributed by atoms with Gasteiger partial charge in [0.15, 0.2) is 0 Å². The Morgan fingerprint density at radius 2 is 2.30 bits per heavy atom. The Hall–Kier alpha value is -0.790. The van der Waals surface area contributed by atoms with Crippen molar-refractivity contribution in [1.29, 1.82) is 0 Å². The Morgan fingerprint density at radius 3 is 2.80 bits per heavy atom. The molecule has 10 heavy (non-hydrogen) atoms. The number of carbonyl (C=O) groups excluding carboxylic acids is 1. The number of ketones is 1. The Balaban J connectivity index is 3.30. The van der Waals surface area contributed by atoms with Crippen LogP contribution in [0.2, 0.25) is 0 Å². The maximum Gasteiger partial charge on any atom is 0.136 e. The minimum atomic E-state index is 0.274. The van der Waals surface area contributed by atoms with E-state index in [-0.39, 0.29) is 5.78 Å². The standard InChI is InChI=1S/C8H14O2/c1-3-5-8(9)6-4-7-10-2/h4,7H,3,5-6H2,1-2H3/b7-4+. The van der Waals surface area contributed by atoms with Crippen molar-refractivity contribution in [2.45, 2.75) is 26.2 Å². The molecule has 0 saturated heterocycles. The molecule has 58 valence electrons. The number of carbonyl (C=O) groups is 1. The summed E-state index contributed by atoms with van der Waals surface area (Å²) in [6.07, 6.45) is 5.38. The zero-order valence-corrected chi connectivity index (χ0v) is 6.59. The van der Waals surface area contributed by atoms with E-state index in [0.717, 1.165) is 6.42 Å². The average Bonchev–Trinajstić information content (AvgIpc) is 1.89. The van der Waals surface area contributed by atoms with E-state index in [2.05, 4.69) is 4.74 Å². The minimum Gasteiger partial charge on any atom is -0.505 e. The van der Waals surface area contributed by atoms with Gasteiger partial charge in [-0.2, -0.15) is 0 Å². The number of ether oxygens (including phenoxy) is 1. The lowest BCUT2D eigenvalue weighted by atomic mass is 10.2. The first-order valence-electron chi connectivity index (χ1n) is 3.50. The van der Waals surface area contributed by atoms with Gasteiger partial charge in [0, 0.05) is 12.8 Å². The van der Waals surface area contributed by atoms with Crippen LogP contribution in [0.4, 0.5) is 0 Å². The molecule has 0 amide bonds. The quantitative estimate of drug-likeness (QED) is 0.548. The molecule has 0 atom stereocenters. The zero-order valence-electron chi connectivity index (χ0n) is 6.59. The van der Waals surface area contributed by atoms with Crippen molar-refractivity contribution < 1.29 is 9.53 Å². The highest BCUT2D eigenvalue weighted by Gasteiger charge is 1.94. The monoisotopic (exact) mass is 142 g/mol. The first-order valence-corrected chi connectivity index (χ1v) is 3.50. The topological polar surface area (TPSA) is 26.3 Å². The molecule has 0 aromatic carbocycles. The molecule has 0 N–H and O–H groups in total. The van der Waals surface area contributed by atoms with E-state index in [4.69, 9.17) is 0 Å². The molecule has 0 aliphatic rings. The predicted octanol–water partition coefficient (Wildman–Crippen LogP) is 1.91. The van der Waals surface area contributed by atoms with E-state index in [0.29, 0.717) is 12.8 Å². The summed E-state index contributed by atoms with van der Waals surface area (Å²) in [5.41, 5.74) is 0. The maximum absolute atomic E-state index is 10.8. The highest BCUT2D eigenvalue weighted by Crippen LogP contribution is 1.94. The molecule has 0 heterocycles. The highest BCUT2D eigenvalue weighted by atomic mass is 16.5. The van der Waals surface area contributed by atoms with Crippen LogP contribution in [0.1, 0.15) is 26.2 Å². The number of hydrogen-bond acceptors (Lipinski definition) is 2. The third-order valence-electron chi connectivity index (χ3n) is 1.11. The molecule has 2 heteroatoms. The average molecular weight is 142 g/mol. The molecule has 0 radical (unpaired) electrons. The minimum absolute atomic E-state index is 0.274. The van der Waals surface area contributed by atoms with Gasteiger partial charge in [-0.3, -0.25) is 4.79 Å². The van der Waals surface area contributed by atoms with Crippen LogP contribution in [0.15, 0.2) is 12.3 Å². The summed E-state index contributed by atoms with van der Waals surface area (Å²) in [4.78, 5) is 10.8. The van der Waals surface area contributed by atoms with Crippen LogP contribution in [0.25, 0.3) is 0 Å². The first-order chi connectivity index (χ1) is 4.81. The summed E-state index contributed by atoms with van der Waals surface area (Å²) in [7, 11) is 1.57. The van der Waals surface area contributed by atoms with E-state index in [9.17, 15) is 4.79 Å². The molecule has 0 bridgehead atoms. The van der Waals surface area contributed by atoms with Crippen LogP contribution >= 0.6 is 0 Å². The molecule has 0 aliphatic heterocycles. The summed E-state index contributed by atoms with van der Waals surface area (Å²) in [5, 5.41) is 0. The van der Waals surface area contributed by atoms with Gasteiger partial charge in [-0.25, -0.2) is 0 Å². The van der Waals surface area contributed by atoms with E-state index in [1.165, 1.54) is 6.26 Å². The largest absolute Gasteiger partial charge is 0.505 e. The molecule has 0 spiro atoms. The lowest BCUT2D eigenvalue weighted by Crippen LogP contribution is -1.93. The zero-order chi connectivity index (χ0) is 7.82. The van der Waals surface area contributed by atoms with Crippen LogP contribution in [0, 0.1) is 0 Å². The van der Waals surface area contributed by atoms with Gasteiger partial charge < -0.3 is 4.74 Å². The van der Waals surface area contributed by atoms with Crippen molar-refractivity contribution in [1.82, 2.24) is 0 Å². The fourth-order valence-corrected chi connectivity index (χ4v) is 0.657. The van der Waals surface area contributed by atoms with Crippen LogP contribution in [-0.2, 0) is 9.53 Å². The van der Waals surface area contributed by atoms with Crippen molar-refractivity contribution >= 4 is 5.78 Å². The van der Waals surface area contributed by atoms with Crippen molar-refractivity contribution in [3.63, 3.8) is 0 Å². The third kappa shape index (κ3) is 5.35. The number of Topliss-reactive ketones (excluding diaryl/α,β-unsaturated/α-hetero) is 1. The number of rotatable bonds is 5. The normalized spacial score (nSPS) is 10.2. The fraction of sp³-hybridized carbons (Fsp3) is 0.625. The Bertz CT molecular complexity index is 116. The molecule has 0 unspecified atom stereocenters. The molecular weight excluding hydrogens is 128 g/mol. The van der Waals surface area contributed by atoms with E-state index < -0.39 is 0 Å². The lowest BCUT2D eigenvalue weighted by Gasteiger charge is -1.91. The molecule has 0 saturated carbocycles. The molecule has 0 rings (SSSR count). The molecule has 0 aliphatic carbocycles. The summed E-state index contributed by atoms with van der Waals surface area (Å²) in [5.74, 6) is 0.274. The number of hydrogen-bond donors (Lipinski definition) is 0. The SMILES string of the molecule is CCCC(=O)C/C=C/OC. The van der Waals surface area contributed by atoms with Crippen molar-refractivity contribution in [3.05, 3.63) is 12.3 Å². The van der Waals surface area contributed by atoms with Gasteiger partial charge in [0.1, 0.15) is 5.78 Å². The van der Waals surface area contributed by atoms with Gasteiger partial charge in [0.05, 0.1) is 13.4 Å². The van der Waals surface area contributed by atoms with Gasteiger partial charge in [0.25, 0.3) is 0 Å². The summed E-state index contributed by atoms with van der Waals surface area (Å²) < 4.78 is 4.64. The summed E-state index contributed by atoms with van der Waals surface area (Å²) in [6, 6.07) is 0.